The highest BCUT2D eigenvalue weighted by atomic mass is 35.5. The lowest BCUT2D eigenvalue weighted by atomic mass is 10.1. The maximum atomic E-state index is 12.8. The Morgan fingerprint density at radius 1 is 1.16 bits per heavy atom. The van der Waals surface area contributed by atoms with Crippen LogP contribution in [-0.2, 0) is 6.18 Å². The number of hydrogen-bond donors (Lipinski definition) is 1. The molecule has 1 N–H and O–H groups in total. The largest absolute Gasteiger partial charge is 0.416 e. The number of aromatic nitrogens is 2. The molecule has 0 radical (unpaired) electrons. The molecule has 0 amide bonds. The molecule has 0 fully saturated rings. The van der Waals surface area contributed by atoms with Gasteiger partial charge >= 0.3 is 6.18 Å². The number of nitrogens with one attached hydrogen (secondary N) is 1. The molecule has 0 aliphatic heterocycles. The third kappa shape index (κ3) is 3.35. The van der Waals surface area contributed by atoms with E-state index in [4.69, 9.17) is 11.6 Å². The summed E-state index contributed by atoms with van der Waals surface area (Å²) in [4.78, 5) is 7.55. The van der Waals surface area contributed by atoms with Gasteiger partial charge in [0, 0.05) is 11.8 Å². The standard InChI is InChI=1S/C12H9ClF3N3/c1-7-2-3-8(4-9(7)12(14,15)16)19-11-5-10(13)17-6-18-11/h2-6H,1H3,(H,17,18,19). The minimum atomic E-state index is -4.38. The van der Waals surface area contributed by atoms with Gasteiger partial charge in [0.2, 0.25) is 0 Å². The Hall–Kier alpha value is -1.82. The van der Waals surface area contributed by atoms with Crippen molar-refractivity contribution < 1.29 is 13.2 Å². The molecule has 1 aromatic heterocycles. The van der Waals surface area contributed by atoms with Crippen molar-refractivity contribution in [2.75, 3.05) is 5.32 Å². The van der Waals surface area contributed by atoms with Crippen LogP contribution < -0.4 is 5.32 Å². The molecule has 7 heteroatoms. The summed E-state index contributed by atoms with van der Waals surface area (Å²) in [5.74, 6) is 0.331. The van der Waals surface area contributed by atoms with Gasteiger partial charge in [-0.2, -0.15) is 13.2 Å². The zero-order valence-electron chi connectivity index (χ0n) is 9.79. The number of nitrogens with zero attached hydrogens (tertiary/aromatic N) is 2. The van der Waals surface area contributed by atoms with Gasteiger partial charge in [-0.1, -0.05) is 17.7 Å². The number of anilines is 2. The van der Waals surface area contributed by atoms with Crippen molar-refractivity contribution in [1.29, 1.82) is 0 Å². The minimum absolute atomic E-state index is 0.166. The second-order valence-corrected chi connectivity index (χ2v) is 4.27. The average molecular weight is 288 g/mol. The van der Waals surface area contributed by atoms with Crippen LogP contribution in [0.4, 0.5) is 24.7 Å². The van der Waals surface area contributed by atoms with E-state index in [0.29, 0.717) is 5.82 Å². The third-order valence-corrected chi connectivity index (χ3v) is 2.66. The summed E-state index contributed by atoms with van der Waals surface area (Å²) in [5.41, 5.74) is -0.232. The number of hydrogen-bond acceptors (Lipinski definition) is 3. The Morgan fingerprint density at radius 3 is 2.53 bits per heavy atom. The van der Waals surface area contributed by atoms with Crippen molar-refractivity contribution in [2.24, 2.45) is 0 Å². The first-order chi connectivity index (χ1) is 8.86. The predicted molar refractivity (Wildman–Crippen MR) is 66.5 cm³/mol. The topological polar surface area (TPSA) is 37.8 Å². The van der Waals surface area contributed by atoms with Gasteiger partial charge in [0.25, 0.3) is 0 Å². The molecule has 0 atom stereocenters. The van der Waals surface area contributed by atoms with E-state index in [1.807, 2.05) is 0 Å². The Balaban J connectivity index is 2.32. The van der Waals surface area contributed by atoms with Crippen molar-refractivity contribution in [1.82, 2.24) is 9.97 Å². The second kappa shape index (κ2) is 5.05. The van der Waals surface area contributed by atoms with Crippen LogP contribution >= 0.6 is 11.6 Å². The number of benzene rings is 1. The van der Waals surface area contributed by atoms with E-state index < -0.39 is 11.7 Å². The Kier molecular flexibility index (Phi) is 3.61. The molecule has 0 bridgehead atoms. The molecule has 19 heavy (non-hydrogen) atoms. The minimum Gasteiger partial charge on any atom is -0.340 e. The van der Waals surface area contributed by atoms with Crippen LogP contribution in [0.2, 0.25) is 5.15 Å². The summed E-state index contributed by atoms with van der Waals surface area (Å²) < 4.78 is 38.3. The fraction of sp³-hybridized carbons (Fsp3) is 0.167. The van der Waals surface area contributed by atoms with Crippen LogP contribution in [0.25, 0.3) is 0 Å². The molecule has 0 spiro atoms. The first-order valence-corrected chi connectivity index (χ1v) is 5.66. The van der Waals surface area contributed by atoms with Gasteiger partial charge in [0.05, 0.1) is 5.56 Å². The van der Waals surface area contributed by atoms with Crippen molar-refractivity contribution >= 4 is 23.1 Å². The van der Waals surface area contributed by atoms with Gasteiger partial charge in [0.1, 0.15) is 17.3 Å². The monoisotopic (exact) mass is 287 g/mol. The molecule has 2 rings (SSSR count). The SMILES string of the molecule is Cc1ccc(Nc2cc(Cl)ncn2)cc1C(F)(F)F. The fourth-order valence-corrected chi connectivity index (χ4v) is 1.70. The molecule has 100 valence electrons. The van der Waals surface area contributed by atoms with Gasteiger partial charge in [-0.05, 0) is 24.6 Å². The molecule has 0 unspecified atom stereocenters. The summed E-state index contributed by atoms with van der Waals surface area (Å²) in [6.07, 6.45) is -3.16. The number of halogens is 4. The number of alkyl halides is 3. The highest BCUT2D eigenvalue weighted by molar-refractivity contribution is 6.29. The molecule has 0 saturated heterocycles. The van der Waals surface area contributed by atoms with Crippen molar-refractivity contribution in [2.45, 2.75) is 13.1 Å². The predicted octanol–water partition coefficient (Wildman–Crippen LogP) is 4.20. The Morgan fingerprint density at radius 2 is 1.89 bits per heavy atom. The molecule has 1 heterocycles. The highest BCUT2D eigenvalue weighted by Crippen LogP contribution is 2.33. The van der Waals surface area contributed by atoms with E-state index in [0.717, 1.165) is 6.07 Å². The summed E-state index contributed by atoms with van der Waals surface area (Å²) in [7, 11) is 0. The third-order valence-electron chi connectivity index (χ3n) is 2.45. The summed E-state index contributed by atoms with van der Waals surface area (Å²) in [5, 5.41) is 2.96. The van der Waals surface area contributed by atoms with Crippen LogP contribution in [0, 0.1) is 6.92 Å². The van der Waals surface area contributed by atoms with E-state index in [1.165, 1.54) is 25.4 Å². The van der Waals surface area contributed by atoms with Crippen molar-refractivity contribution in [3.63, 3.8) is 0 Å². The van der Waals surface area contributed by atoms with E-state index in [2.05, 4.69) is 15.3 Å². The first kappa shape index (κ1) is 13.6. The van der Waals surface area contributed by atoms with Gasteiger partial charge in [-0.3, -0.25) is 0 Å². The van der Waals surface area contributed by atoms with E-state index in [-0.39, 0.29) is 16.4 Å². The zero-order chi connectivity index (χ0) is 14.0. The van der Waals surface area contributed by atoms with Crippen LogP contribution in [-0.4, -0.2) is 9.97 Å². The van der Waals surface area contributed by atoms with Crippen LogP contribution in [0.15, 0.2) is 30.6 Å². The van der Waals surface area contributed by atoms with Gasteiger partial charge in [-0.25, -0.2) is 9.97 Å². The first-order valence-electron chi connectivity index (χ1n) is 5.28. The van der Waals surface area contributed by atoms with Gasteiger partial charge < -0.3 is 5.32 Å². The summed E-state index contributed by atoms with van der Waals surface area (Å²) >= 11 is 5.67. The zero-order valence-corrected chi connectivity index (χ0v) is 10.5. The fourth-order valence-electron chi connectivity index (χ4n) is 1.55. The summed E-state index contributed by atoms with van der Waals surface area (Å²) in [6, 6.07) is 5.40. The van der Waals surface area contributed by atoms with Gasteiger partial charge in [-0.15, -0.1) is 0 Å². The Bertz CT molecular complexity index is 599. The van der Waals surface area contributed by atoms with E-state index in [1.54, 1.807) is 6.07 Å². The molecule has 2 aromatic rings. The van der Waals surface area contributed by atoms with Crippen molar-refractivity contribution in [3.8, 4) is 0 Å². The maximum Gasteiger partial charge on any atom is 0.416 e. The second-order valence-electron chi connectivity index (χ2n) is 3.88. The maximum absolute atomic E-state index is 12.8. The molecule has 0 aliphatic rings. The van der Waals surface area contributed by atoms with Crippen molar-refractivity contribution in [3.05, 3.63) is 46.9 Å². The quantitative estimate of drug-likeness (QED) is 0.841. The number of rotatable bonds is 2. The lowest BCUT2D eigenvalue weighted by Gasteiger charge is -2.13. The molecule has 0 aliphatic carbocycles. The van der Waals surface area contributed by atoms with E-state index in [9.17, 15) is 13.2 Å². The molecular weight excluding hydrogens is 279 g/mol. The van der Waals surface area contributed by atoms with Crippen LogP contribution in [0.3, 0.4) is 0 Å². The molecular formula is C12H9ClF3N3. The lowest BCUT2D eigenvalue weighted by Crippen LogP contribution is -2.08. The van der Waals surface area contributed by atoms with Gasteiger partial charge in [0.15, 0.2) is 0 Å². The molecule has 3 nitrogen and oxygen atoms in total. The molecule has 1 aromatic carbocycles. The van der Waals surface area contributed by atoms with Crippen LogP contribution in [0.5, 0.6) is 0 Å². The molecule has 0 saturated carbocycles. The number of aryl methyl sites for hydroxylation is 1. The normalized spacial score (nSPS) is 11.4. The summed E-state index contributed by atoms with van der Waals surface area (Å²) in [6.45, 7) is 1.41. The van der Waals surface area contributed by atoms with E-state index >= 15 is 0 Å². The smallest absolute Gasteiger partial charge is 0.340 e. The highest BCUT2D eigenvalue weighted by Gasteiger charge is 2.32. The van der Waals surface area contributed by atoms with Crippen LogP contribution in [0.1, 0.15) is 11.1 Å². The average Bonchev–Trinajstić information content (AvgIpc) is 2.30. The Labute approximate surface area is 112 Å². The lowest BCUT2D eigenvalue weighted by molar-refractivity contribution is -0.138.